The zero-order chi connectivity index (χ0) is 17.8. The zero-order valence-electron chi connectivity index (χ0n) is 12.7. The quantitative estimate of drug-likeness (QED) is 0.688. The molecular weight excluding hydrogens is 396 g/mol. The predicted octanol–water partition coefficient (Wildman–Crippen LogP) is 4.21. The highest BCUT2D eigenvalue weighted by Gasteiger charge is 2.13. The van der Waals surface area contributed by atoms with Gasteiger partial charge in [0.15, 0.2) is 24.0 Å². The second kappa shape index (κ2) is 7.43. The molecule has 0 saturated carbocycles. The molecule has 25 heavy (non-hydrogen) atoms. The van der Waals surface area contributed by atoms with Crippen molar-refractivity contribution in [2.45, 2.75) is 6.73 Å². The number of hydrogen-bond donors (Lipinski definition) is 1. The number of hydrogen-bond acceptors (Lipinski definition) is 3. The van der Waals surface area contributed by atoms with E-state index in [4.69, 9.17) is 4.74 Å². The molecule has 2 aromatic carbocycles. The van der Waals surface area contributed by atoms with Gasteiger partial charge in [-0.05, 0) is 36.4 Å². The Kier molecular flexibility index (Phi) is 5.08. The van der Waals surface area contributed by atoms with Crippen LogP contribution in [0.2, 0.25) is 0 Å². The SMILES string of the molecule is O=C(Nc1ccc(Br)cc1F)c1ccn(COc2ccccc2F)n1. The van der Waals surface area contributed by atoms with Crippen LogP contribution in [0.25, 0.3) is 0 Å². The summed E-state index contributed by atoms with van der Waals surface area (Å²) >= 11 is 3.14. The number of nitrogens with one attached hydrogen (secondary N) is 1. The number of amides is 1. The molecule has 1 aromatic heterocycles. The van der Waals surface area contributed by atoms with E-state index in [2.05, 4.69) is 26.3 Å². The van der Waals surface area contributed by atoms with Crippen LogP contribution in [0.5, 0.6) is 5.75 Å². The number of carbonyl (C=O) groups excluding carboxylic acids is 1. The Morgan fingerprint density at radius 2 is 1.96 bits per heavy atom. The number of benzene rings is 2. The lowest BCUT2D eigenvalue weighted by molar-refractivity contribution is 0.101. The Bertz CT molecular complexity index is 914. The first-order chi connectivity index (χ1) is 12.0. The lowest BCUT2D eigenvalue weighted by atomic mass is 10.3. The maximum absolute atomic E-state index is 13.8. The van der Waals surface area contributed by atoms with Crippen molar-refractivity contribution in [3.8, 4) is 5.75 Å². The first-order valence-electron chi connectivity index (χ1n) is 7.20. The number of anilines is 1. The smallest absolute Gasteiger partial charge is 0.276 e. The molecule has 1 N–H and O–H groups in total. The topological polar surface area (TPSA) is 56.2 Å². The first kappa shape index (κ1) is 17.1. The van der Waals surface area contributed by atoms with E-state index >= 15 is 0 Å². The van der Waals surface area contributed by atoms with Crippen LogP contribution in [0.4, 0.5) is 14.5 Å². The fourth-order valence-electron chi connectivity index (χ4n) is 2.03. The summed E-state index contributed by atoms with van der Waals surface area (Å²) in [6.07, 6.45) is 1.51. The maximum Gasteiger partial charge on any atom is 0.276 e. The third-order valence-electron chi connectivity index (χ3n) is 3.24. The number of aromatic nitrogens is 2. The van der Waals surface area contributed by atoms with Crippen LogP contribution in [-0.4, -0.2) is 15.7 Å². The van der Waals surface area contributed by atoms with E-state index in [9.17, 15) is 13.6 Å². The van der Waals surface area contributed by atoms with Crippen LogP contribution < -0.4 is 10.1 Å². The fourth-order valence-corrected chi connectivity index (χ4v) is 2.36. The summed E-state index contributed by atoms with van der Waals surface area (Å²) in [7, 11) is 0. The molecule has 0 fully saturated rings. The molecule has 0 atom stereocenters. The van der Waals surface area contributed by atoms with Gasteiger partial charge in [-0.25, -0.2) is 13.5 Å². The van der Waals surface area contributed by atoms with E-state index in [1.807, 2.05) is 0 Å². The number of para-hydroxylation sites is 1. The summed E-state index contributed by atoms with van der Waals surface area (Å²) in [5.74, 6) is -1.53. The van der Waals surface area contributed by atoms with Crippen LogP contribution >= 0.6 is 15.9 Å². The van der Waals surface area contributed by atoms with Gasteiger partial charge in [-0.3, -0.25) is 4.79 Å². The number of nitrogens with zero attached hydrogens (tertiary/aromatic N) is 2. The number of rotatable bonds is 5. The fraction of sp³-hybridized carbons (Fsp3) is 0.0588. The summed E-state index contributed by atoms with van der Waals surface area (Å²) in [6.45, 7) is -0.0686. The molecule has 0 spiro atoms. The first-order valence-corrected chi connectivity index (χ1v) is 7.99. The second-order valence-electron chi connectivity index (χ2n) is 5.02. The molecule has 0 radical (unpaired) electrons. The molecule has 128 valence electrons. The van der Waals surface area contributed by atoms with Crippen LogP contribution in [0.1, 0.15) is 10.5 Å². The third kappa shape index (κ3) is 4.21. The van der Waals surface area contributed by atoms with Crippen molar-refractivity contribution in [1.29, 1.82) is 0 Å². The molecule has 8 heteroatoms. The van der Waals surface area contributed by atoms with Gasteiger partial charge >= 0.3 is 0 Å². The van der Waals surface area contributed by atoms with Crippen molar-refractivity contribution in [2.75, 3.05) is 5.32 Å². The third-order valence-corrected chi connectivity index (χ3v) is 3.73. The highest BCUT2D eigenvalue weighted by molar-refractivity contribution is 9.10. The Labute approximate surface area is 150 Å². The monoisotopic (exact) mass is 407 g/mol. The molecule has 0 saturated heterocycles. The molecule has 3 aromatic rings. The summed E-state index contributed by atoms with van der Waals surface area (Å²) < 4.78 is 34.4. The Morgan fingerprint density at radius 1 is 1.16 bits per heavy atom. The van der Waals surface area contributed by atoms with Crippen molar-refractivity contribution in [3.63, 3.8) is 0 Å². The number of ether oxygens (including phenoxy) is 1. The molecule has 0 aliphatic rings. The highest BCUT2D eigenvalue weighted by Crippen LogP contribution is 2.20. The van der Waals surface area contributed by atoms with E-state index in [0.717, 1.165) is 0 Å². The van der Waals surface area contributed by atoms with Crippen molar-refractivity contribution in [3.05, 3.63) is 76.5 Å². The summed E-state index contributed by atoms with van der Waals surface area (Å²) in [6, 6.07) is 11.7. The van der Waals surface area contributed by atoms with Gasteiger partial charge < -0.3 is 10.1 Å². The van der Waals surface area contributed by atoms with Crippen molar-refractivity contribution >= 4 is 27.5 Å². The predicted molar refractivity (Wildman–Crippen MR) is 91.3 cm³/mol. The summed E-state index contributed by atoms with van der Waals surface area (Å²) in [4.78, 5) is 12.1. The van der Waals surface area contributed by atoms with Gasteiger partial charge in [0.1, 0.15) is 5.82 Å². The van der Waals surface area contributed by atoms with Gasteiger partial charge in [0, 0.05) is 10.7 Å². The molecule has 1 amide bonds. The standard InChI is InChI=1S/C17H12BrF2N3O2/c18-11-5-6-14(13(20)9-11)21-17(24)15-7-8-23(22-15)10-25-16-4-2-1-3-12(16)19/h1-9H,10H2,(H,21,24). The van der Waals surface area contributed by atoms with Gasteiger partial charge in [-0.15, -0.1) is 0 Å². The molecule has 5 nitrogen and oxygen atoms in total. The Hall–Kier alpha value is -2.74. The summed E-state index contributed by atoms with van der Waals surface area (Å²) in [5, 5.41) is 6.46. The van der Waals surface area contributed by atoms with E-state index in [0.29, 0.717) is 4.47 Å². The highest BCUT2D eigenvalue weighted by atomic mass is 79.9. The maximum atomic E-state index is 13.8. The van der Waals surface area contributed by atoms with Crippen molar-refractivity contribution < 1.29 is 18.3 Å². The largest absolute Gasteiger partial charge is 0.468 e. The number of halogens is 3. The second-order valence-corrected chi connectivity index (χ2v) is 5.94. The normalized spacial score (nSPS) is 10.5. The molecule has 0 unspecified atom stereocenters. The average Bonchev–Trinajstić information content (AvgIpc) is 3.06. The zero-order valence-corrected chi connectivity index (χ0v) is 14.3. The minimum Gasteiger partial charge on any atom is -0.468 e. The molecule has 0 aliphatic carbocycles. The van der Waals surface area contributed by atoms with Crippen LogP contribution in [-0.2, 0) is 6.73 Å². The minimum absolute atomic E-state index is 0.0466. The van der Waals surface area contributed by atoms with Crippen LogP contribution in [0.15, 0.2) is 59.2 Å². The van der Waals surface area contributed by atoms with E-state index in [1.165, 1.54) is 41.2 Å². The van der Waals surface area contributed by atoms with Crippen LogP contribution in [0.3, 0.4) is 0 Å². The Morgan fingerprint density at radius 3 is 2.72 bits per heavy atom. The molecule has 0 aliphatic heterocycles. The molecular formula is C17H12BrF2N3O2. The van der Waals surface area contributed by atoms with Gasteiger partial charge in [-0.2, -0.15) is 5.10 Å². The van der Waals surface area contributed by atoms with E-state index in [1.54, 1.807) is 18.2 Å². The van der Waals surface area contributed by atoms with Crippen molar-refractivity contribution in [2.24, 2.45) is 0 Å². The van der Waals surface area contributed by atoms with Gasteiger partial charge in [0.2, 0.25) is 0 Å². The summed E-state index contributed by atoms with van der Waals surface area (Å²) in [5.41, 5.74) is 0.129. The molecule has 3 rings (SSSR count). The molecule has 1 heterocycles. The van der Waals surface area contributed by atoms with E-state index in [-0.39, 0.29) is 23.9 Å². The lowest BCUT2D eigenvalue weighted by Crippen LogP contribution is -2.15. The van der Waals surface area contributed by atoms with Crippen LogP contribution in [0, 0.1) is 11.6 Å². The van der Waals surface area contributed by atoms with E-state index < -0.39 is 17.5 Å². The number of carbonyl (C=O) groups is 1. The average molecular weight is 408 g/mol. The van der Waals surface area contributed by atoms with Gasteiger partial charge in [0.05, 0.1) is 5.69 Å². The minimum atomic E-state index is -0.565. The van der Waals surface area contributed by atoms with Crippen molar-refractivity contribution in [1.82, 2.24) is 9.78 Å². The van der Waals surface area contributed by atoms with Gasteiger partial charge in [-0.1, -0.05) is 28.1 Å². The molecule has 0 bridgehead atoms. The Balaban J connectivity index is 1.64. The lowest BCUT2D eigenvalue weighted by Gasteiger charge is -2.07. The van der Waals surface area contributed by atoms with Gasteiger partial charge in [0.25, 0.3) is 5.91 Å².